The monoisotopic (exact) mass is 176 g/mol. The second-order valence-electron chi connectivity index (χ2n) is 2.96. The van der Waals surface area contributed by atoms with Crippen molar-refractivity contribution in [1.82, 2.24) is 5.32 Å². The van der Waals surface area contributed by atoms with Crippen LogP contribution in [0, 0.1) is 0 Å². The molecule has 3 nitrogen and oxygen atoms in total. The van der Waals surface area contributed by atoms with Crippen LogP contribution in [0.2, 0.25) is 0 Å². The van der Waals surface area contributed by atoms with Crippen molar-refractivity contribution in [2.24, 2.45) is 0 Å². The normalized spacial score (nSPS) is 14.7. The molecule has 0 fully saturated rings. The van der Waals surface area contributed by atoms with Gasteiger partial charge in [0.25, 0.3) is 5.91 Å². The Labute approximate surface area is 76.7 Å². The van der Waals surface area contributed by atoms with Crippen LogP contribution in [-0.4, -0.2) is 19.6 Å². The highest BCUT2D eigenvalue weighted by molar-refractivity contribution is 5.96. The van der Waals surface area contributed by atoms with E-state index in [1.807, 2.05) is 12.1 Å². The van der Waals surface area contributed by atoms with Gasteiger partial charge in [-0.15, -0.1) is 0 Å². The van der Waals surface area contributed by atoms with Crippen molar-refractivity contribution in [1.29, 1.82) is 0 Å². The highest BCUT2D eigenvalue weighted by atomic mass is 16.5. The summed E-state index contributed by atoms with van der Waals surface area (Å²) in [5, 5.41) is 3.85. The number of fused-ring (bicyclic) bond motifs is 1. The van der Waals surface area contributed by atoms with E-state index in [0.29, 0.717) is 17.9 Å². The highest BCUT2D eigenvalue weighted by Crippen LogP contribution is 2.20. The van der Waals surface area contributed by atoms with Gasteiger partial charge in [-0.25, -0.2) is 5.32 Å². The number of nitrogens with zero attached hydrogens (tertiary/aromatic N) is 1. The molecule has 0 saturated carbocycles. The number of benzene rings is 1. The molecule has 1 amide bonds. The molecule has 0 aliphatic carbocycles. The number of carbonyl (C=O) groups is 1. The van der Waals surface area contributed by atoms with Gasteiger partial charge < -0.3 is 4.74 Å². The van der Waals surface area contributed by atoms with E-state index in [1.54, 1.807) is 13.2 Å². The first-order valence-electron chi connectivity index (χ1n) is 4.20. The first-order chi connectivity index (χ1) is 6.31. The van der Waals surface area contributed by atoms with Gasteiger partial charge in [0, 0.05) is 12.1 Å². The third-order valence-electron chi connectivity index (χ3n) is 2.18. The largest absolute Gasteiger partial charge is 0.497 e. The van der Waals surface area contributed by atoms with Gasteiger partial charge in [0.1, 0.15) is 5.75 Å². The van der Waals surface area contributed by atoms with E-state index in [4.69, 9.17) is 4.74 Å². The van der Waals surface area contributed by atoms with Crippen LogP contribution in [0.3, 0.4) is 0 Å². The summed E-state index contributed by atoms with van der Waals surface area (Å²) in [4.78, 5) is 11.3. The van der Waals surface area contributed by atoms with Gasteiger partial charge in [0.05, 0.1) is 7.11 Å². The van der Waals surface area contributed by atoms with Gasteiger partial charge in [0.2, 0.25) is 0 Å². The first kappa shape index (κ1) is 8.10. The quantitative estimate of drug-likeness (QED) is 0.640. The van der Waals surface area contributed by atoms with Gasteiger partial charge in [0.15, 0.2) is 0 Å². The van der Waals surface area contributed by atoms with Crippen LogP contribution in [0.5, 0.6) is 5.75 Å². The van der Waals surface area contributed by atoms with E-state index in [9.17, 15) is 4.79 Å². The number of carbonyl (C=O) groups excluding carboxylic acids is 1. The summed E-state index contributed by atoms with van der Waals surface area (Å²) in [6.07, 6.45) is 0.852. The van der Waals surface area contributed by atoms with Crippen LogP contribution >= 0.6 is 0 Å². The molecule has 0 bridgehead atoms. The molecule has 1 aromatic rings. The number of ether oxygens (including phenoxy) is 1. The van der Waals surface area contributed by atoms with Crippen LogP contribution in [0.15, 0.2) is 18.2 Å². The summed E-state index contributed by atoms with van der Waals surface area (Å²) >= 11 is 0. The van der Waals surface area contributed by atoms with E-state index in [1.165, 1.54) is 0 Å². The molecule has 13 heavy (non-hydrogen) atoms. The molecule has 67 valence electrons. The lowest BCUT2D eigenvalue weighted by Gasteiger charge is -2.14. The Morgan fingerprint density at radius 2 is 2.31 bits per heavy atom. The third-order valence-corrected chi connectivity index (χ3v) is 2.18. The molecule has 0 aromatic heterocycles. The van der Waals surface area contributed by atoms with Crippen LogP contribution in [0.1, 0.15) is 15.9 Å². The molecule has 1 aliphatic rings. The molecule has 0 unspecified atom stereocenters. The van der Waals surface area contributed by atoms with Crippen LogP contribution in [-0.2, 0) is 6.42 Å². The van der Waals surface area contributed by atoms with E-state index in [-0.39, 0.29) is 5.91 Å². The molecule has 1 radical (unpaired) electrons. The molecule has 0 saturated heterocycles. The lowest BCUT2D eigenvalue weighted by Crippen LogP contribution is -2.25. The summed E-state index contributed by atoms with van der Waals surface area (Å²) in [6, 6.07) is 5.55. The minimum absolute atomic E-state index is 0.125. The first-order valence-corrected chi connectivity index (χ1v) is 4.20. The molecular formula is C10H10NO2. The van der Waals surface area contributed by atoms with Gasteiger partial charge in [-0.3, -0.25) is 4.79 Å². The van der Waals surface area contributed by atoms with E-state index >= 15 is 0 Å². The Bertz CT molecular complexity index is 347. The summed E-state index contributed by atoms with van der Waals surface area (Å²) in [5.41, 5.74) is 1.76. The molecule has 3 heteroatoms. The SMILES string of the molecule is COc1ccc2c(c1)C(=O)[N]CC2. The van der Waals surface area contributed by atoms with Crippen LogP contribution < -0.4 is 10.1 Å². The number of rotatable bonds is 1. The number of amides is 1. The Morgan fingerprint density at radius 3 is 3.08 bits per heavy atom. The fraction of sp³-hybridized carbons (Fsp3) is 0.300. The molecule has 0 N–H and O–H groups in total. The van der Waals surface area contributed by atoms with Crippen molar-refractivity contribution in [3.05, 3.63) is 29.3 Å². The highest BCUT2D eigenvalue weighted by Gasteiger charge is 2.17. The van der Waals surface area contributed by atoms with Gasteiger partial charge in [-0.1, -0.05) is 6.07 Å². The van der Waals surface area contributed by atoms with Crippen molar-refractivity contribution in [2.75, 3.05) is 13.7 Å². The summed E-state index contributed by atoms with van der Waals surface area (Å²) in [6.45, 7) is 0.609. The maximum absolute atomic E-state index is 11.3. The Balaban J connectivity index is 2.47. The number of methoxy groups -OCH3 is 1. The zero-order valence-corrected chi connectivity index (χ0v) is 7.41. The molecule has 2 rings (SSSR count). The second-order valence-corrected chi connectivity index (χ2v) is 2.96. The van der Waals surface area contributed by atoms with Crippen molar-refractivity contribution in [3.63, 3.8) is 0 Å². The number of hydrogen-bond donors (Lipinski definition) is 0. The molecule has 1 aromatic carbocycles. The van der Waals surface area contributed by atoms with Crippen molar-refractivity contribution in [3.8, 4) is 5.75 Å². The second kappa shape index (κ2) is 3.09. The Kier molecular flexibility index (Phi) is 1.93. The molecule has 0 spiro atoms. The zero-order chi connectivity index (χ0) is 9.26. The minimum atomic E-state index is -0.125. The van der Waals surface area contributed by atoms with Gasteiger partial charge >= 0.3 is 0 Å². The smallest absolute Gasteiger partial charge is 0.272 e. The maximum Gasteiger partial charge on any atom is 0.272 e. The Hall–Kier alpha value is -1.51. The van der Waals surface area contributed by atoms with Crippen molar-refractivity contribution >= 4 is 5.91 Å². The van der Waals surface area contributed by atoms with Crippen LogP contribution in [0.25, 0.3) is 0 Å². The van der Waals surface area contributed by atoms with Crippen molar-refractivity contribution in [2.45, 2.75) is 6.42 Å². The van der Waals surface area contributed by atoms with E-state index in [2.05, 4.69) is 5.32 Å². The van der Waals surface area contributed by atoms with Gasteiger partial charge in [-0.05, 0) is 24.1 Å². The maximum atomic E-state index is 11.3. The average molecular weight is 176 g/mol. The topological polar surface area (TPSA) is 40.4 Å². The summed E-state index contributed by atoms with van der Waals surface area (Å²) in [5.74, 6) is 0.587. The average Bonchev–Trinajstić information content (AvgIpc) is 2.18. The number of hydrogen-bond acceptors (Lipinski definition) is 2. The predicted octanol–water partition coefficient (Wildman–Crippen LogP) is 0.996. The summed E-state index contributed by atoms with van der Waals surface area (Å²) in [7, 11) is 1.59. The molecule has 1 heterocycles. The van der Waals surface area contributed by atoms with Crippen LogP contribution in [0.4, 0.5) is 0 Å². The lowest BCUT2D eigenvalue weighted by molar-refractivity contribution is 0.0941. The molecule has 0 atom stereocenters. The fourth-order valence-corrected chi connectivity index (χ4v) is 1.46. The van der Waals surface area contributed by atoms with Crippen molar-refractivity contribution < 1.29 is 9.53 Å². The fourth-order valence-electron chi connectivity index (χ4n) is 1.46. The van der Waals surface area contributed by atoms with Gasteiger partial charge in [-0.2, -0.15) is 0 Å². The Morgan fingerprint density at radius 1 is 1.46 bits per heavy atom. The van der Waals surface area contributed by atoms with E-state index in [0.717, 1.165) is 12.0 Å². The standard InChI is InChI=1S/C10H10NO2/c1-13-8-3-2-7-4-5-11-10(12)9(7)6-8/h2-3,6H,4-5H2,1H3. The minimum Gasteiger partial charge on any atom is -0.497 e. The molecule has 1 aliphatic heterocycles. The summed E-state index contributed by atoms with van der Waals surface area (Å²) < 4.78 is 5.03. The lowest BCUT2D eigenvalue weighted by atomic mass is 10.0. The van der Waals surface area contributed by atoms with E-state index < -0.39 is 0 Å². The zero-order valence-electron chi connectivity index (χ0n) is 7.41. The molecular weight excluding hydrogens is 166 g/mol. The predicted molar refractivity (Wildman–Crippen MR) is 48.0 cm³/mol. The third kappa shape index (κ3) is 1.37.